The number of nitrogens with one attached hydrogen (secondary N) is 2. The molecule has 2 aromatic carbocycles. The van der Waals surface area contributed by atoms with Gasteiger partial charge in [0.2, 0.25) is 0 Å². The zero-order chi connectivity index (χ0) is 15.7. The average Bonchev–Trinajstić information content (AvgIpc) is 2.80. The van der Waals surface area contributed by atoms with Crippen molar-refractivity contribution in [1.29, 1.82) is 0 Å². The molecule has 0 aliphatic carbocycles. The number of hydrogen-bond acceptors (Lipinski definition) is 3. The molecule has 5 heteroatoms. The lowest BCUT2D eigenvalue weighted by atomic mass is 10.1. The van der Waals surface area contributed by atoms with Crippen molar-refractivity contribution >= 4 is 34.5 Å². The second-order valence-electron chi connectivity index (χ2n) is 5.14. The lowest BCUT2D eigenvalue weighted by Gasteiger charge is -2.07. The van der Waals surface area contributed by atoms with E-state index in [1.165, 1.54) is 0 Å². The second kappa shape index (κ2) is 5.83. The van der Waals surface area contributed by atoms with Crippen molar-refractivity contribution in [2.24, 2.45) is 0 Å². The fourth-order valence-corrected chi connectivity index (χ4v) is 2.49. The normalized spacial score (nSPS) is 16.3. The summed E-state index contributed by atoms with van der Waals surface area (Å²) in [5.74, 6) is -0.162. The van der Waals surface area contributed by atoms with Crippen LogP contribution in [0.1, 0.15) is 24.2 Å². The summed E-state index contributed by atoms with van der Waals surface area (Å²) in [5.41, 5.74) is 3.75. The van der Waals surface area contributed by atoms with Gasteiger partial charge in [-0.25, -0.2) is 0 Å². The van der Waals surface area contributed by atoms with Gasteiger partial charge < -0.3 is 15.7 Å². The third-order valence-electron chi connectivity index (χ3n) is 3.54. The first-order chi connectivity index (χ1) is 10.5. The van der Waals surface area contributed by atoms with Crippen LogP contribution >= 0.6 is 11.6 Å². The van der Waals surface area contributed by atoms with E-state index < -0.39 is 6.10 Å². The Morgan fingerprint density at radius 3 is 2.64 bits per heavy atom. The van der Waals surface area contributed by atoms with Crippen molar-refractivity contribution < 1.29 is 9.90 Å². The maximum atomic E-state index is 12.0. The minimum atomic E-state index is -0.498. The maximum Gasteiger partial charge on any atom is 0.257 e. The molecule has 0 saturated heterocycles. The third-order valence-corrected chi connectivity index (χ3v) is 3.78. The number of aliphatic hydroxyl groups excluding tert-OH is 1. The topological polar surface area (TPSA) is 61.4 Å². The summed E-state index contributed by atoms with van der Waals surface area (Å²) >= 11 is 5.99. The van der Waals surface area contributed by atoms with E-state index in [9.17, 15) is 9.90 Å². The van der Waals surface area contributed by atoms with Crippen molar-refractivity contribution in [2.75, 3.05) is 10.6 Å². The third kappa shape index (κ3) is 2.84. The van der Waals surface area contributed by atoms with Gasteiger partial charge in [0.05, 0.1) is 11.7 Å². The summed E-state index contributed by atoms with van der Waals surface area (Å²) in [6.45, 7) is 1.72. The molecule has 1 atom stereocenters. The van der Waals surface area contributed by atoms with Crippen LogP contribution in [-0.4, -0.2) is 11.0 Å². The Balaban J connectivity index is 1.84. The zero-order valence-corrected chi connectivity index (χ0v) is 12.7. The molecule has 1 unspecified atom stereocenters. The minimum absolute atomic E-state index is 0.162. The molecular formula is C17H15ClN2O2. The van der Waals surface area contributed by atoms with Crippen LogP contribution in [0.4, 0.5) is 11.4 Å². The van der Waals surface area contributed by atoms with Crippen LogP contribution in [0, 0.1) is 0 Å². The van der Waals surface area contributed by atoms with E-state index >= 15 is 0 Å². The van der Waals surface area contributed by atoms with E-state index in [-0.39, 0.29) is 5.91 Å². The Kier molecular flexibility index (Phi) is 3.88. The highest BCUT2D eigenvalue weighted by Gasteiger charge is 2.24. The molecule has 2 aromatic rings. The summed E-state index contributed by atoms with van der Waals surface area (Å²) in [6, 6.07) is 12.7. The highest BCUT2D eigenvalue weighted by Crippen LogP contribution is 2.33. The van der Waals surface area contributed by atoms with Crippen molar-refractivity contribution in [1.82, 2.24) is 0 Å². The molecule has 0 bridgehead atoms. The smallest absolute Gasteiger partial charge is 0.257 e. The quantitative estimate of drug-likeness (QED) is 0.755. The van der Waals surface area contributed by atoms with Gasteiger partial charge in [0.15, 0.2) is 0 Å². The van der Waals surface area contributed by atoms with Gasteiger partial charge in [-0.3, -0.25) is 4.79 Å². The first-order valence-electron chi connectivity index (χ1n) is 6.90. The molecule has 1 aliphatic rings. The van der Waals surface area contributed by atoms with Gasteiger partial charge in [0.1, 0.15) is 0 Å². The molecule has 0 fully saturated rings. The maximum absolute atomic E-state index is 12.0. The summed E-state index contributed by atoms with van der Waals surface area (Å²) in [7, 11) is 0. The van der Waals surface area contributed by atoms with Gasteiger partial charge >= 0.3 is 0 Å². The SMILES string of the molecule is CC(O)c1ccc(NC=C2C(=O)Nc3ccc(Cl)cc32)cc1. The zero-order valence-electron chi connectivity index (χ0n) is 11.9. The Hall–Kier alpha value is -2.30. The van der Waals surface area contributed by atoms with Gasteiger partial charge in [0.25, 0.3) is 5.91 Å². The highest BCUT2D eigenvalue weighted by molar-refractivity contribution is 6.34. The summed E-state index contributed by atoms with van der Waals surface area (Å²) < 4.78 is 0. The Bertz CT molecular complexity index is 752. The number of amides is 1. The molecule has 0 spiro atoms. The number of anilines is 2. The van der Waals surface area contributed by atoms with Gasteiger partial charge in [0, 0.05) is 28.2 Å². The standard InChI is InChI=1S/C17H15ClN2O2/c1-10(21)11-2-5-13(6-3-11)19-9-15-14-8-12(18)4-7-16(14)20-17(15)22/h2-10,19,21H,1H3,(H,20,22). The molecule has 1 amide bonds. The first kappa shape index (κ1) is 14.6. The van der Waals surface area contributed by atoms with Crippen molar-refractivity contribution in [3.8, 4) is 0 Å². The predicted octanol–water partition coefficient (Wildman–Crippen LogP) is 3.80. The largest absolute Gasteiger partial charge is 0.389 e. The number of carbonyl (C=O) groups is 1. The van der Waals surface area contributed by atoms with E-state index in [1.807, 2.05) is 24.3 Å². The fraction of sp³-hybridized carbons (Fsp3) is 0.118. The molecule has 3 rings (SSSR count). The number of halogens is 1. The fourth-order valence-electron chi connectivity index (χ4n) is 2.32. The van der Waals surface area contributed by atoms with Crippen LogP contribution < -0.4 is 10.6 Å². The van der Waals surface area contributed by atoms with Crippen LogP contribution in [0.25, 0.3) is 5.57 Å². The molecule has 4 nitrogen and oxygen atoms in total. The summed E-state index contributed by atoms with van der Waals surface area (Å²) in [6.07, 6.45) is 1.16. The lowest BCUT2D eigenvalue weighted by Crippen LogP contribution is -2.05. The Labute approximate surface area is 133 Å². The Morgan fingerprint density at radius 2 is 1.95 bits per heavy atom. The van der Waals surface area contributed by atoms with Gasteiger partial charge in [-0.1, -0.05) is 23.7 Å². The van der Waals surface area contributed by atoms with E-state index in [4.69, 9.17) is 11.6 Å². The van der Waals surface area contributed by atoms with Gasteiger partial charge in [-0.15, -0.1) is 0 Å². The van der Waals surface area contributed by atoms with E-state index in [0.717, 1.165) is 22.5 Å². The number of benzene rings is 2. The number of carbonyl (C=O) groups excluding carboxylic acids is 1. The number of aliphatic hydroxyl groups is 1. The van der Waals surface area contributed by atoms with Gasteiger partial charge in [-0.2, -0.15) is 0 Å². The van der Waals surface area contributed by atoms with Crippen molar-refractivity contribution in [3.05, 3.63) is 64.8 Å². The van der Waals surface area contributed by atoms with E-state index in [1.54, 1.807) is 31.3 Å². The number of fused-ring (bicyclic) bond motifs is 1. The van der Waals surface area contributed by atoms with Crippen molar-refractivity contribution in [2.45, 2.75) is 13.0 Å². The van der Waals surface area contributed by atoms with Crippen LogP contribution in [0.3, 0.4) is 0 Å². The van der Waals surface area contributed by atoms with E-state index in [0.29, 0.717) is 10.6 Å². The predicted molar refractivity (Wildman–Crippen MR) is 88.8 cm³/mol. The van der Waals surface area contributed by atoms with Crippen LogP contribution in [0.15, 0.2) is 48.7 Å². The first-order valence-corrected chi connectivity index (χ1v) is 7.28. The molecule has 112 valence electrons. The molecule has 0 saturated carbocycles. The van der Waals surface area contributed by atoms with Crippen LogP contribution in [-0.2, 0) is 4.79 Å². The molecule has 0 aromatic heterocycles. The Morgan fingerprint density at radius 1 is 1.23 bits per heavy atom. The molecular weight excluding hydrogens is 300 g/mol. The lowest BCUT2D eigenvalue weighted by molar-refractivity contribution is -0.110. The van der Waals surface area contributed by atoms with Gasteiger partial charge in [-0.05, 0) is 42.8 Å². The number of rotatable bonds is 3. The van der Waals surface area contributed by atoms with Crippen LogP contribution in [0.2, 0.25) is 5.02 Å². The highest BCUT2D eigenvalue weighted by atomic mass is 35.5. The van der Waals surface area contributed by atoms with Crippen molar-refractivity contribution in [3.63, 3.8) is 0 Å². The van der Waals surface area contributed by atoms with Crippen LogP contribution in [0.5, 0.6) is 0 Å². The summed E-state index contributed by atoms with van der Waals surface area (Å²) in [5, 5.41) is 16.0. The van der Waals surface area contributed by atoms with E-state index in [2.05, 4.69) is 10.6 Å². The molecule has 22 heavy (non-hydrogen) atoms. The molecule has 1 heterocycles. The molecule has 0 radical (unpaired) electrons. The average molecular weight is 315 g/mol. The minimum Gasteiger partial charge on any atom is -0.389 e. The molecule has 3 N–H and O–H groups in total. The summed E-state index contributed by atoms with van der Waals surface area (Å²) in [4.78, 5) is 12.0. The second-order valence-corrected chi connectivity index (χ2v) is 5.58. The molecule has 1 aliphatic heterocycles. The number of hydrogen-bond donors (Lipinski definition) is 3. The monoisotopic (exact) mass is 314 g/mol.